The van der Waals surface area contributed by atoms with E-state index in [0.717, 1.165) is 37.5 Å². The second kappa shape index (κ2) is 4.35. The van der Waals surface area contributed by atoms with Crippen molar-refractivity contribution in [2.45, 2.75) is 37.8 Å². The van der Waals surface area contributed by atoms with Crippen molar-refractivity contribution in [2.24, 2.45) is 5.73 Å². The molecule has 1 aromatic heterocycles. The number of amides is 1. The molecule has 7 heteroatoms. The number of hydrogen-bond donors (Lipinski definition) is 3. The minimum absolute atomic E-state index is 0.0380. The van der Waals surface area contributed by atoms with Crippen molar-refractivity contribution in [3.8, 4) is 0 Å². The summed E-state index contributed by atoms with van der Waals surface area (Å²) >= 11 is 1.36. The number of nitrogens with two attached hydrogens (primary N) is 2. The van der Waals surface area contributed by atoms with Crippen LogP contribution in [0.3, 0.4) is 0 Å². The quantitative estimate of drug-likeness (QED) is 0.751. The largest absolute Gasteiger partial charge is 0.382 e. The standard InChI is InChI=1S/C12H19N5OS/c1-12(3-4-12)16-10(18)8-9(14)15-11(19-8)17-5-2-7(13)6-17/h7H,2-6,13-14H2,1H3,(H,16,18). The summed E-state index contributed by atoms with van der Waals surface area (Å²) in [6, 6.07) is 0.188. The van der Waals surface area contributed by atoms with Gasteiger partial charge in [0.1, 0.15) is 10.7 Å². The van der Waals surface area contributed by atoms with Gasteiger partial charge in [0.15, 0.2) is 5.13 Å². The number of hydrogen-bond acceptors (Lipinski definition) is 6. The van der Waals surface area contributed by atoms with Crippen LogP contribution in [-0.2, 0) is 0 Å². The number of rotatable bonds is 3. The molecule has 0 spiro atoms. The van der Waals surface area contributed by atoms with E-state index in [1.54, 1.807) is 0 Å². The highest BCUT2D eigenvalue weighted by Gasteiger charge is 2.39. The van der Waals surface area contributed by atoms with Crippen molar-refractivity contribution in [3.05, 3.63) is 4.88 Å². The average molecular weight is 281 g/mol. The van der Waals surface area contributed by atoms with Gasteiger partial charge < -0.3 is 21.7 Å². The molecule has 1 saturated heterocycles. The Labute approximate surface area is 116 Å². The number of thiazole rings is 1. The Bertz CT molecular complexity index is 510. The van der Waals surface area contributed by atoms with Gasteiger partial charge in [-0.25, -0.2) is 4.98 Å². The van der Waals surface area contributed by atoms with Gasteiger partial charge in [-0.1, -0.05) is 11.3 Å². The molecule has 6 nitrogen and oxygen atoms in total. The smallest absolute Gasteiger partial charge is 0.265 e. The average Bonchev–Trinajstić information content (AvgIpc) is 2.77. The summed E-state index contributed by atoms with van der Waals surface area (Å²) in [6.07, 6.45) is 3.02. The predicted molar refractivity (Wildman–Crippen MR) is 76.4 cm³/mol. The van der Waals surface area contributed by atoms with E-state index in [4.69, 9.17) is 11.5 Å². The Hall–Kier alpha value is -1.34. The molecule has 2 aliphatic rings. The van der Waals surface area contributed by atoms with Crippen molar-refractivity contribution >= 4 is 28.2 Å². The van der Waals surface area contributed by atoms with E-state index in [0.29, 0.717) is 10.7 Å². The second-order valence-corrected chi connectivity index (χ2v) is 6.70. The van der Waals surface area contributed by atoms with Gasteiger partial charge in [-0.15, -0.1) is 0 Å². The molecule has 1 atom stereocenters. The molecule has 0 aromatic carbocycles. The first-order chi connectivity index (χ1) is 8.97. The summed E-state index contributed by atoms with van der Waals surface area (Å²) in [4.78, 5) is 19.1. The van der Waals surface area contributed by atoms with Gasteiger partial charge in [0.25, 0.3) is 5.91 Å². The normalized spacial score (nSPS) is 24.5. The van der Waals surface area contributed by atoms with Gasteiger partial charge in [0, 0.05) is 24.7 Å². The third-order valence-electron chi connectivity index (χ3n) is 3.76. The first-order valence-corrected chi connectivity index (χ1v) is 7.38. The van der Waals surface area contributed by atoms with Crippen molar-refractivity contribution in [1.29, 1.82) is 0 Å². The minimum Gasteiger partial charge on any atom is -0.382 e. The SMILES string of the molecule is CC1(NC(=O)c2sc(N3CCC(N)C3)nc2N)CC1. The van der Waals surface area contributed by atoms with Crippen molar-refractivity contribution in [2.75, 3.05) is 23.7 Å². The van der Waals surface area contributed by atoms with Gasteiger partial charge in [-0.05, 0) is 26.2 Å². The third kappa shape index (κ3) is 2.52. The Morgan fingerprint density at radius 1 is 1.58 bits per heavy atom. The third-order valence-corrected chi connectivity index (χ3v) is 4.89. The van der Waals surface area contributed by atoms with Crippen LogP contribution in [0.15, 0.2) is 0 Å². The molecule has 2 fully saturated rings. The highest BCUT2D eigenvalue weighted by molar-refractivity contribution is 7.18. The molecule has 1 aliphatic carbocycles. The molecular weight excluding hydrogens is 262 g/mol. The lowest BCUT2D eigenvalue weighted by atomic mass is 10.3. The molecule has 2 heterocycles. The molecule has 19 heavy (non-hydrogen) atoms. The molecule has 1 aliphatic heterocycles. The molecule has 3 rings (SSSR count). The summed E-state index contributed by atoms with van der Waals surface area (Å²) in [5.74, 6) is 0.215. The van der Waals surface area contributed by atoms with E-state index in [2.05, 4.69) is 15.2 Å². The van der Waals surface area contributed by atoms with Crippen LogP contribution in [0.5, 0.6) is 0 Å². The van der Waals surface area contributed by atoms with Crippen LogP contribution in [0, 0.1) is 0 Å². The first-order valence-electron chi connectivity index (χ1n) is 6.56. The maximum absolute atomic E-state index is 12.1. The zero-order valence-electron chi connectivity index (χ0n) is 11.0. The van der Waals surface area contributed by atoms with Gasteiger partial charge >= 0.3 is 0 Å². The van der Waals surface area contributed by atoms with Gasteiger partial charge in [0.05, 0.1) is 0 Å². The fourth-order valence-corrected chi connectivity index (χ4v) is 3.14. The van der Waals surface area contributed by atoms with Crippen LogP contribution < -0.4 is 21.7 Å². The predicted octanol–water partition coefficient (Wildman–Crippen LogP) is 0.545. The van der Waals surface area contributed by atoms with Crippen LogP contribution in [0.25, 0.3) is 0 Å². The van der Waals surface area contributed by atoms with Crippen LogP contribution in [0.1, 0.15) is 35.9 Å². The molecule has 104 valence electrons. The number of nitrogen functional groups attached to an aromatic ring is 1. The van der Waals surface area contributed by atoms with Gasteiger partial charge in [0.2, 0.25) is 0 Å². The number of nitrogens with zero attached hydrogens (tertiary/aromatic N) is 2. The van der Waals surface area contributed by atoms with E-state index >= 15 is 0 Å². The number of nitrogens with one attached hydrogen (secondary N) is 1. The zero-order valence-corrected chi connectivity index (χ0v) is 11.8. The number of carbonyl (C=O) groups excluding carboxylic acids is 1. The lowest BCUT2D eigenvalue weighted by molar-refractivity contribution is 0.0940. The summed E-state index contributed by atoms with van der Waals surface area (Å²) < 4.78 is 0. The number of anilines is 2. The summed E-state index contributed by atoms with van der Waals surface area (Å²) in [5, 5.41) is 3.81. The van der Waals surface area contributed by atoms with Crippen LogP contribution in [0.2, 0.25) is 0 Å². The Morgan fingerprint density at radius 3 is 2.89 bits per heavy atom. The van der Waals surface area contributed by atoms with Crippen LogP contribution in [-0.4, -0.2) is 35.6 Å². The summed E-state index contributed by atoms with van der Waals surface area (Å²) in [5.41, 5.74) is 11.7. The van der Waals surface area contributed by atoms with Crippen molar-refractivity contribution in [1.82, 2.24) is 10.3 Å². The second-order valence-electron chi connectivity index (χ2n) is 5.72. The van der Waals surface area contributed by atoms with Crippen molar-refractivity contribution in [3.63, 3.8) is 0 Å². The Kier molecular flexibility index (Phi) is 2.90. The fraction of sp³-hybridized carbons (Fsp3) is 0.667. The van der Waals surface area contributed by atoms with Gasteiger partial charge in [-0.3, -0.25) is 4.79 Å². The zero-order chi connectivity index (χ0) is 13.6. The van der Waals surface area contributed by atoms with E-state index in [1.807, 2.05) is 6.92 Å². The Morgan fingerprint density at radius 2 is 2.32 bits per heavy atom. The molecule has 0 bridgehead atoms. The van der Waals surface area contributed by atoms with Gasteiger partial charge in [-0.2, -0.15) is 0 Å². The van der Waals surface area contributed by atoms with E-state index < -0.39 is 0 Å². The Balaban J connectivity index is 1.75. The maximum atomic E-state index is 12.1. The lowest BCUT2D eigenvalue weighted by Gasteiger charge is -2.13. The molecular formula is C12H19N5OS. The molecule has 1 unspecified atom stereocenters. The maximum Gasteiger partial charge on any atom is 0.265 e. The van der Waals surface area contributed by atoms with E-state index in [-0.39, 0.29) is 17.5 Å². The molecule has 5 N–H and O–H groups in total. The lowest BCUT2D eigenvalue weighted by Crippen LogP contribution is -2.34. The highest BCUT2D eigenvalue weighted by Crippen LogP contribution is 2.36. The molecule has 1 saturated carbocycles. The van der Waals surface area contributed by atoms with E-state index in [1.165, 1.54) is 11.3 Å². The van der Waals surface area contributed by atoms with Crippen LogP contribution in [0.4, 0.5) is 10.9 Å². The van der Waals surface area contributed by atoms with Crippen LogP contribution >= 0.6 is 11.3 Å². The van der Waals surface area contributed by atoms with E-state index in [9.17, 15) is 4.79 Å². The monoisotopic (exact) mass is 281 g/mol. The summed E-state index contributed by atoms with van der Waals surface area (Å²) in [6.45, 7) is 3.71. The number of carbonyl (C=O) groups is 1. The first kappa shape index (κ1) is 12.7. The number of aromatic nitrogens is 1. The summed E-state index contributed by atoms with van der Waals surface area (Å²) in [7, 11) is 0. The molecule has 1 amide bonds. The van der Waals surface area contributed by atoms with Crippen molar-refractivity contribution < 1.29 is 4.79 Å². The molecule has 1 aromatic rings. The fourth-order valence-electron chi connectivity index (χ4n) is 2.22. The highest BCUT2D eigenvalue weighted by atomic mass is 32.1. The molecule has 0 radical (unpaired) electrons. The topological polar surface area (TPSA) is 97.3 Å². The minimum atomic E-state index is -0.107.